The van der Waals surface area contributed by atoms with Crippen LogP contribution in [0.2, 0.25) is 5.02 Å². The first-order valence-corrected chi connectivity index (χ1v) is 9.80. The molecule has 1 aromatic heterocycles. The van der Waals surface area contributed by atoms with E-state index in [1.165, 1.54) is 19.3 Å². The Balaban J connectivity index is 1.48. The van der Waals surface area contributed by atoms with Crippen LogP contribution in [0.5, 0.6) is 0 Å². The molecule has 128 valence electrons. The summed E-state index contributed by atoms with van der Waals surface area (Å²) in [4.78, 5) is 13.3. The quantitative estimate of drug-likeness (QED) is 0.721. The van der Waals surface area contributed by atoms with Crippen LogP contribution in [0.3, 0.4) is 0 Å². The molecule has 1 saturated carbocycles. The number of nitrogens with one attached hydrogen (secondary N) is 1. The molecule has 0 aliphatic heterocycles. The van der Waals surface area contributed by atoms with E-state index in [1.807, 2.05) is 35.0 Å². The maximum atomic E-state index is 12.2. The molecule has 0 unspecified atom stereocenters. The van der Waals surface area contributed by atoms with E-state index >= 15 is 0 Å². The van der Waals surface area contributed by atoms with E-state index < -0.39 is 0 Å². The van der Waals surface area contributed by atoms with Gasteiger partial charge in [-0.05, 0) is 37.1 Å². The lowest BCUT2D eigenvalue weighted by Crippen LogP contribution is -2.20. The lowest BCUT2D eigenvalue weighted by molar-refractivity contribution is -0.115. The number of rotatable bonds is 6. The molecule has 1 aliphatic rings. The Morgan fingerprint density at radius 1 is 1.21 bits per heavy atom. The van der Waals surface area contributed by atoms with Crippen molar-refractivity contribution < 1.29 is 4.79 Å². The Kier molecular flexibility index (Phi) is 6.21. The average Bonchev–Trinajstić information content (AvgIpc) is 3.05. The third-order valence-corrected chi connectivity index (χ3v) is 5.54. The zero-order chi connectivity index (χ0) is 16.8. The van der Waals surface area contributed by atoms with E-state index in [9.17, 15) is 4.79 Å². The Bertz CT molecular complexity index is 665. The molecule has 24 heavy (non-hydrogen) atoms. The summed E-state index contributed by atoms with van der Waals surface area (Å²) in [5.41, 5.74) is 0. The number of aromatic nitrogens is 2. The molecule has 1 N–H and O–H groups in total. The van der Waals surface area contributed by atoms with E-state index in [0.29, 0.717) is 12.5 Å². The van der Waals surface area contributed by atoms with E-state index in [1.54, 1.807) is 18.0 Å². The Morgan fingerprint density at radius 2 is 1.96 bits per heavy atom. The van der Waals surface area contributed by atoms with Gasteiger partial charge in [-0.15, -0.1) is 11.8 Å². The molecule has 0 spiro atoms. The second-order valence-electron chi connectivity index (χ2n) is 6.05. The number of hydrogen-bond acceptors (Lipinski definition) is 3. The number of halogens is 1. The lowest BCUT2D eigenvalue weighted by Gasteiger charge is -2.23. The molecule has 0 saturated heterocycles. The highest BCUT2D eigenvalue weighted by Crippen LogP contribution is 2.30. The maximum Gasteiger partial charge on any atom is 0.226 e. The normalized spacial score (nSPS) is 15.4. The first-order valence-electron chi connectivity index (χ1n) is 8.44. The van der Waals surface area contributed by atoms with Gasteiger partial charge in [0.05, 0.1) is 12.2 Å². The van der Waals surface area contributed by atoms with Crippen LogP contribution in [0.4, 0.5) is 5.82 Å². The van der Waals surface area contributed by atoms with Crippen molar-refractivity contribution in [3.05, 3.63) is 41.6 Å². The Morgan fingerprint density at radius 3 is 2.71 bits per heavy atom. The molecule has 2 aromatic rings. The smallest absolute Gasteiger partial charge is 0.226 e. The van der Waals surface area contributed by atoms with E-state index in [2.05, 4.69) is 10.4 Å². The molecule has 6 heteroatoms. The minimum Gasteiger partial charge on any atom is -0.311 e. The molecule has 1 heterocycles. The molecule has 0 radical (unpaired) electrons. The van der Waals surface area contributed by atoms with Gasteiger partial charge in [0.25, 0.3) is 0 Å². The number of carbonyl (C=O) groups is 1. The summed E-state index contributed by atoms with van der Waals surface area (Å²) in [5.74, 6) is 1.60. The van der Waals surface area contributed by atoms with Crippen LogP contribution in [0.15, 0.2) is 41.4 Å². The van der Waals surface area contributed by atoms with Gasteiger partial charge < -0.3 is 5.32 Å². The van der Waals surface area contributed by atoms with Crippen LogP contribution in [0.25, 0.3) is 0 Å². The summed E-state index contributed by atoms with van der Waals surface area (Å²) < 4.78 is 1.99. The summed E-state index contributed by atoms with van der Waals surface area (Å²) in [6.07, 6.45) is 8.34. The number of hydrogen-bond donors (Lipinski definition) is 1. The third-order valence-electron chi connectivity index (χ3n) is 4.27. The first kappa shape index (κ1) is 17.4. The highest BCUT2D eigenvalue weighted by molar-refractivity contribution is 7.99. The highest BCUT2D eigenvalue weighted by atomic mass is 35.5. The molecule has 0 atom stereocenters. The zero-order valence-electron chi connectivity index (χ0n) is 13.6. The predicted molar refractivity (Wildman–Crippen MR) is 99.8 cm³/mol. The van der Waals surface area contributed by atoms with Gasteiger partial charge in [0.1, 0.15) is 5.82 Å². The van der Waals surface area contributed by atoms with Crippen LogP contribution in [0.1, 0.15) is 44.6 Å². The van der Waals surface area contributed by atoms with Crippen molar-refractivity contribution in [3.63, 3.8) is 0 Å². The minimum absolute atomic E-state index is 0.0361. The SMILES string of the molecule is O=C(CCSc1ccc(Cl)cc1)Nc1ccnn1C1CCCCC1. The van der Waals surface area contributed by atoms with E-state index in [4.69, 9.17) is 11.6 Å². The fourth-order valence-corrected chi connectivity index (χ4v) is 4.01. The largest absolute Gasteiger partial charge is 0.311 e. The number of anilines is 1. The van der Waals surface area contributed by atoms with Crippen molar-refractivity contribution in [2.75, 3.05) is 11.1 Å². The number of carbonyl (C=O) groups excluding carboxylic acids is 1. The fourth-order valence-electron chi connectivity index (χ4n) is 3.03. The van der Waals surface area contributed by atoms with Crippen molar-refractivity contribution in [2.45, 2.75) is 49.5 Å². The fraction of sp³-hybridized carbons (Fsp3) is 0.444. The van der Waals surface area contributed by atoms with Gasteiger partial charge in [0.2, 0.25) is 5.91 Å². The van der Waals surface area contributed by atoms with Crippen LogP contribution in [-0.4, -0.2) is 21.4 Å². The van der Waals surface area contributed by atoms with Crippen molar-refractivity contribution in [3.8, 4) is 0 Å². The van der Waals surface area contributed by atoms with Crippen LogP contribution in [-0.2, 0) is 4.79 Å². The molecular formula is C18H22ClN3OS. The third kappa shape index (κ3) is 4.77. The summed E-state index contributed by atoms with van der Waals surface area (Å²) in [5, 5.41) is 8.15. The van der Waals surface area contributed by atoms with Gasteiger partial charge in [-0.25, -0.2) is 4.68 Å². The Hall–Kier alpha value is -1.46. The van der Waals surface area contributed by atoms with Gasteiger partial charge in [0.15, 0.2) is 0 Å². The zero-order valence-corrected chi connectivity index (χ0v) is 15.2. The maximum absolute atomic E-state index is 12.2. The molecular weight excluding hydrogens is 342 g/mol. The number of nitrogens with zero attached hydrogens (tertiary/aromatic N) is 2. The van der Waals surface area contributed by atoms with Crippen molar-refractivity contribution in [1.29, 1.82) is 0 Å². The van der Waals surface area contributed by atoms with Crippen LogP contribution >= 0.6 is 23.4 Å². The Labute approximate surface area is 152 Å². The summed E-state index contributed by atoms with van der Waals surface area (Å²) in [7, 11) is 0. The molecule has 0 bridgehead atoms. The summed E-state index contributed by atoms with van der Waals surface area (Å²) >= 11 is 7.53. The topological polar surface area (TPSA) is 46.9 Å². The van der Waals surface area contributed by atoms with Gasteiger partial charge >= 0.3 is 0 Å². The molecule has 1 fully saturated rings. The van der Waals surface area contributed by atoms with Gasteiger partial charge in [-0.3, -0.25) is 4.79 Å². The van der Waals surface area contributed by atoms with Crippen molar-refractivity contribution in [1.82, 2.24) is 9.78 Å². The van der Waals surface area contributed by atoms with Crippen molar-refractivity contribution >= 4 is 35.1 Å². The summed E-state index contributed by atoms with van der Waals surface area (Å²) in [6, 6.07) is 10.00. The molecule has 3 rings (SSSR count). The average molecular weight is 364 g/mol. The van der Waals surface area contributed by atoms with Gasteiger partial charge in [0, 0.05) is 28.2 Å². The molecule has 1 aromatic carbocycles. The second kappa shape index (κ2) is 8.58. The predicted octanol–water partition coefficient (Wildman–Crippen LogP) is 5.16. The van der Waals surface area contributed by atoms with Gasteiger partial charge in [-0.2, -0.15) is 5.10 Å². The van der Waals surface area contributed by atoms with Crippen molar-refractivity contribution in [2.24, 2.45) is 0 Å². The minimum atomic E-state index is 0.0361. The van der Waals surface area contributed by atoms with Gasteiger partial charge in [-0.1, -0.05) is 30.9 Å². The number of amides is 1. The van der Waals surface area contributed by atoms with Crippen LogP contribution < -0.4 is 5.32 Å². The molecule has 1 amide bonds. The molecule has 4 nitrogen and oxygen atoms in total. The summed E-state index contributed by atoms with van der Waals surface area (Å²) in [6.45, 7) is 0. The van der Waals surface area contributed by atoms with E-state index in [0.717, 1.165) is 34.3 Å². The molecule has 1 aliphatic carbocycles. The standard InChI is InChI=1S/C18H22ClN3OS/c19-14-6-8-16(9-7-14)24-13-11-18(23)21-17-10-12-20-22(17)15-4-2-1-3-5-15/h6-10,12,15H,1-5,11,13H2,(H,21,23). The lowest BCUT2D eigenvalue weighted by atomic mass is 9.96. The van der Waals surface area contributed by atoms with Crippen LogP contribution in [0, 0.1) is 0 Å². The highest BCUT2D eigenvalue weighted by Gasteiger charge is 2.19. The first-order chi connectivity index (χ1) is 11.7. The monoisotopic (exact) mass is 363 g/mol. The second-order valence-corrected chi connectivity index (χ2v) is 7.66. The number of benzene rings is 1. The number of thioether (sulfide) groups is 1. The van der Waals surface area contributed by atoms with E-state index in [-0.39, 0.29) is 5.91 Å².